The van der Waals surface area contributed by atoms with Crippen molar-refractivity contribution in [3.63, 3.8) is 0 Å². The molecule has 0 saturated carbocycles. The summed E-state index contributed by atoms with van der Waals surface area (Å²) in [5.41, 5.74) is -0.877. The van der Waals surface area contributed by atoms with E-state index < -0.39 is 22.4 Å². The van der Waals surface area contributed by atoms with E-state index in [-0.39, 0.29) is 5.13 Å². The molecular weight excluding hydrogens is 279 g/mol. The molecule has 1 aliphatic rings. The van der Waals surface area contributed by atoms with Crippen LogP contribution in [0.25, 0.3) is 0 Å². The average molecular weight is 295 g/mol. The summed E-state index contributed by atoms with van der Waals surface area (Å²) >= 11 is 0.571. The van der Waals surface area contributed by atoms with Gasteiger partial charge >= 0.3 is 6.18 Å². The van der Waals surface area contributed by atoms with E-state index in [0.29, 0.717) is 24.4 Å². The number of ether oxygens (including phenoxy) is 1. The van der Waals surface area contributed by atoms with Crippen molar-refractivity contribution in [2.24, 2.45) is 0 Å². The molecule has 0 bridgehead atoms. The summed E-state index contributed by atoms with van der Waals surface area (Å²) in [6, 6.07) is 0. The molecule has 1 aromatic rings. The summed E-state index contributed by atoms with van der Waals surface area (Å²) in [6.45, 7) is 8.62. The lowest BCUT2D eigenvalue weighted by molar-refractivity contribution is -0.138. The fourth-order valence-electron chi connectivity index (χ4n) is 2.38. The van der Waals surface area contributed by atoms with Crippen LogP contribution >= 0.6 is 11.3 Å². The largest absolute Gasteiger partial charge is 0.445 e. The number of rotatable bonds is 1. The van der Waals surface area contributed by atoms with Gasteiger partial charge in [-0.3, -0.25) is 0 Å². The molecule has 0 radical (unpaired) electrons. The summed E-state index contributed by atoms with van der Waals surface area (Å²) in [6.07, 6.45) is -4.44. The Kier molecular flexibility index (Phi) is 3.29. The number of aromatic nitrogens is 2. The lowest BCUT2D eigenvalue weighted by Crippen LogP contribution is -2.57. The summed E-state index contributed by atoms with van der Waals surface area (Å²) in [5.74, 6) is 0. The van der Waals surface area contributed by atoms with E-state index in [9.17, 15) is 13.2 Å². The highest BCUT2D eigenvalue weighted by Gasteiger charge is 2.41. The first kappa shape index (κ1) is 14.5. The minimum absolute atomic E-state index is 0.289. The summed E-state index contributed by atoms with van der Waals surface area (Å²) < 4.78 is 43.5. The minimum atomic E-state index is -4.44. The molecule has 1 fully saturated rings. The zero-order chi connectivity index (χ0) is 14.5. The van der Waals surface area contributed by atoms with Gasteiger partial charge in [-0.15, -0.1) is 10.2 Å². The maximum Gasteiger partial charge on any atom is 0.445 e. The van der Waals surface area contributed by atoms with Gasteiger partial charge < -0.3 is 9.64 Å². The molecule has 108 valence electrons. The van der Waals surface area contributed by atoms with Gasteiger partial charge in [-0.1, -0.05) is 11.3 Å². The number of hydrogen-bond donors (Lipinski definition) is 0. The topological polar surface area (TPSA) is 38.2 Å². The summed E-state index contributed by atoms with van der Waals surface area (Å²) in [4.78, 5) is 1.80. The van der Waals surface area contributed by atoms with Crippen LogP contribution in [-0.2, 0) is 10.9 Å². The number of alkyl halides is 3. The molecule has 1 aromatic heterocycles. The monoisotopic (exact) mass is 295 g/mol. The third-order valence-electron chi connectivity index (χ3n) is 2.62. The van der Waals surface area contributed by atoms with E-state index >= 15 is 0 Å². The maximum absolute atomic E-state index is 12.5. The van der Waals surface area contributed by atoms with E-state index in [4.69, 9.17) is 4.74 Å². The number of anilines is 1. The molecule has 0 unspecified atom stereocenters. The highest BCUT2D eigenvalue weighted by atomic mass is 32.1. The second kappa shape index (κ2) is 4.31. The second-order valence-electron chi connectivity index (χ2n) is 5.87. The number of hydrogen-bond acceptors (Lipinski definition) is 5. The highest BCUT2D eigenvalue weighted by Crippen LogP contribution is 2.37. The molecular formula is C11H16F3N3OS. The van der Waals surface area contributed by atoms with Gasteiger partial charge in [0.25, 0.3) is 0 Å². The van der Waals surface area contributed by atoms with Crippen LogP contribution in [0.15, 0.2) is 0 Å². The Balaban J connectivity index is 2.24. The van der Waals surface area contributed by atoms with Gasteiger partial charge in [0.2, 0.25) is 10.1 Å². The quantitative estimate of drug-likeness (QED) is 0.798. The first-order chi connectivity index (χ1) is 8.49. The smallest absolute Gasteiger partial charge is 0.366 e. The Morgan fingerprint density at radius 1 is 1.11 bits per heavy atom. The van der Waals surface area contributed by atoms with Crippen molar-refractivity contribution >= 4 is 16.5 Å². The van der Waals surface area contributed by atoms with Gasteiger partial charge in [0.15, 0.2) is 0 Å². The van der Waals surface area contributed by atoms with E-state index in [2.05, 4.69) is 10.2 Å². The van der Waals surface area contributed by atoms with Crippen molar-refractivity contribution in [2.75, 3.05) is 18.0 Å². The van der Waals surface area contributed by atoms with E-state index in [1.54, 1.807) is 4.90 Å². The molecule has 8 heteroatoms. The first-order valence-corrected chi connectivity index (χ1v) is 6.66. The Morgan fingerprint density at radius 2 is 1.63 bits per heavy atom. The third-order valence-corrected chi connectivity index (χ3v) is 3.65. The predicted molar refractivity (Wildman–Crippen MR) is 66.4 cm³/mol. The molecule has 0 N–H and O–H groups in total. The molecule has 0 atom stereocenters. The zero-order valence-corrected chi connectivity index (χ0v) is 12.0. The van der Waals surface area contributed by atoms with Crippen LogP contribution in [0, 0.1) is 0 Å². The van der Waals surface area contributed by atoms with Crippen LogP contribution in [0.1, 0.15) is 32.7 Å². The van der Waals surface area contributed by atoms with Crippen LogP contribution in [0.2, 0.25) is 0 Å². The fourth-order valence-corrected chi connectivity index (χ4v) is 3.09. The van der Waals surface area contributed by atoms with Crippen molar-refractivity contribution in [3.8, 4) is 0 Å². The lowest BCUT2D eigenvalue weighted by Gasteiger charge is -2.46. The van der Waals surface area contributed by atoms with Crippen molar-refractivity contribution in [2.45, 2.75) is 45.1 Å². The van der Waals surface area contributed by atoms with Gasteiger partial charge in [0.1, 0.15) is 0 Å². The summed E-state index contributed by atoms with van der Waals surface area (Å²) in [5, 5.41) is 6.25. The normalized spacial score (nSPS) is 22.6. The fraction of sp³-hybridized carbons (Fsp3) is 0.818. The molecule has 2 rings (SSSR count). The van der Waals surface area contributed by atoms with Gasteiger partial charge in [0, 0.05) is 13.1 Å². The van der Waals surface area contributed by atoms with Crippen LogP contribution in [0.3, 0.4) is 0 Å². The molecule has 4 nitrogen and oxygen atoms in total. The molecule has 19 heavy (non-hydrogen) atoms. The molecule has 0 amide bonds. The minimum Gasteiger partial charge on any atom is -0.366 e. The average Bonchev–Trinajstić information content (AvgIpc) is 2.59. The summed E-state index contributed by atoms with van der Waals surface area (Å²) in [7, 11) is 0. The molecule has 1 aliphatic heterocycles. The highest BCUT2D eigenvalue weighted by molar-refractivity contribution is 7.15. The standard InChI is InChI=1S/C11H16F3N3OS/c1-9(2)5-17(6-10(3,4)18-9)8-16-15-7(19-8)11(12,13)14/h5-6H2,1-4H3. The predicted octanol–water partition coefficient (Wildman–Crippen LogP) is 2.95. The molecule has 1 saturated heterocycles. The van der Waals surface area contributed by atoms with Crippen molar-refractivity contribution in [1.29, 1.82) is 0 Å². The van der Waals surface area contributed by atoms with E-state index in [1.165, 1.54) is 0 Å². The Bertz CT molecular complexity index is 454. The SMILES string of the molecule is CC1(C)CN(c2nnc(C(F)(F)F)s2)CC(C)(C)O1. The van der Waals surface area contributed by atoms with Crippen molar-refractivity contribution in [1.82, 2.24) is 10.2 Å². The zero-order valence-electron chi connectivity index (χ0n) is 11.2. The van der Waals surface area contributed by atoms with Crippen LogP contribution in [-0.4, -0.2) is 34.5 Å². The maximum atomic E-state index is 12.5. The first-order valence-electron chi connectivity index (χ1n) is 5.84. The van der Waals surface area contributed by atoms with E-state index in [1.807, 2.05) is 27.7 Å². The van der Waals surface area contributed by atoms with Gasteiger partial charge in [-0.05, 0) is 27.7 Å². The number of nitrogens with zero attached hydrogens (tertiary/aromatic N) is 3. The van der Waals surface area contributed by atoms with Gasteiger partial charge in [-0.2, -0.15) is 13.2 Å². The lowest BCUT2D eigenvalue weighted by atomic mass is 9.99. The van der Waals surface area contributed by atoms with Crippen LogP contribution in [0.5, 0.6) is 0 Å². The van der Waals surface area contributed by atoms with Crippen molar-refractivity contribution < 1.29 is 17.9 Å². The molecule has 2 heterocycles. The second-order valence-corrected chi connectivity index (χ2v) is 6.82. The van der Waals surface area contributed by atoms with E-state index in [0.717, 1.165) is 0 Å². The molecule has 0 spiro atoms. The Labute approximate surface area is 113 Å². The third kappa shape index (κ3) is 3.36. The molecule has 0 aromatic carbocycles. The van der Waals surface area contributed by atoms with Gasteiger partial charge in [0.05, 0.1) is 11.2 Å². The number of morpholine rings is 1. The molecule has 0 aliphatic carbocycles. The Hall–Kier alpha value is -0.890. The van der Waals surface area contributed by atoms with Gasteiger partial charge in [-0.25, -0.2) is 0 Å². The van der Waals surface area contributed by atoms with Crippen LogP contribution < -0.4 is 4.90 Å². The van der Waals surface area contributed by atoms with Crippen LogP contribution in [0.4, 0.5) is 18.3 Å². The number of halogens is 3. The van der Waals surface area contributed by atoms with Crippen molar-refractivity contribution in [3.05, 3.63) is 5.01 Å². The Morgan fingerprint density at radius 3 is 2.05 bits per heavy atom.